The van der Waals surface area contributed by atoms with Crippen LogP contribution in [-0.4, -0.2) is 35.8 Å². The normalized spacial score (nSPS) is 11.3. The van der Waals surface area contributed by atoms with Crippen LogP contribution >= 0.6 is 0 Å². The third-order valence-electron chi connectivity index (χ3n) is 2.76. The molecule has 0 radical (unpaired) electrons. The van der Waals surface area contributed by atoms with Gasteiger partial charge in [-0.1, -0.05) is 6.07 Å². The van der Waals surface area contributed by atoms with E-state index in [1.165, 1.54) is 18.5 Å². The molecule has 7 nitrogen and oxygen atoms in total. The lowest BCUT2D eigenvalue weighted by Crippen LogP contribution is -2.24. The molecule has 0 aliphatic heterocycles. The van der Waals surface area contributed by atoms with Crippen LogP contribution in [0.3, 0.4) is 0 Å². The van der Waals surface area contributed by atoms with E-state index >= 15 is 0 Å². The molecule has 1 aromatic carbocycles. The second-order valence-electron chi connectivity index (χ2n) is 4.36. The van der Waals surface area contributed by atoms with E-state index in [1.54, 1.807) is 13.0 Å². The number of amides is 1. The SMILES string of the molecule is Cc1ccc(S(C)(=O)=O)cc1C(=O)NCc1ncn[nH]1. The average Bonchev–Trinajstić information content (AvgIpc) is 2.88. The third-order valence-corrected chi connectivity index (χ3v) is 3.87. The van der Waals surface area contributed by atoms with E-state index in [1.807, 2.05) is 0 Å². The molecule has 0 saturated heterocycles. The molecule has 0 unspecified atom stereocenters. The first-order valence-corrected chi connectivity index (χ1v) is 7.70. The van der Waals surface area contributed by atoms with Crippen molar-refractivity contribution in [1.29, 1.82) is 0 Å². The van der Waals surface area contributed by atoms with Crippen molar-refractivity contribution in [3.63, 3.8) is 0 Å². The zero-order valence-electron chi connectivity index (χ0n) is 11.0. The van der Waals surface area contributed by atoms with Gasteiger partial charge in [-0.15, -0.1) is 0 Å². The lowest BCUT2D eigenvalue weighted by atomic mass is 10.1. The Kier molecular flexibility index (Phi) is 3.84. The van der Waals surface area contributed by atoms with E-state index in [0.717, 1.165) is 6.26 Å². The number of nitrogens with one attached hydrogen (secondary N) is 2. The molecule has 2 aromatic rings. The molecule has 0 fully saturated rings. The molecule has 0 aliphatic carbocycles. The fourth-order valence-electron chi connectivity index (χ4n) is 1.65. The van der Waals surface area contributed by atoms with Crippen molar-refractivity contribution >= 4 is 15.7 Å². The molecule has 2 N–H and O–H groups in total. The van der Waals surface area contributed by atoms with Crippen LogP contribution in [0.25, 0.3) is 0 Å². The number of carbonyl (C=O) groups is 1. The number of benzene rings is 1. The number of aromatic amines is 1. The lowest BCUT2D eigenvalue weighted by Gasteiger charge is -2.08. The molecule has 1 amide bonds. The predicted octanol–water partition coefficient (Wildman–Crippen LogP) is 0.447. The van der Waals surface area contributed by atoms with Crippen LogP contribution in [0.1, 0.15) is 21.7 Å². The van der Waals surface area contributed by atoms with Gasteiger partial charge >= 0.3 is 0 Å². The Bertz CT molecular complexity index is 723. The molecule has 20 heavy (non-hydrogen) atoms. The van der Waals surface area contributed by atoms with Gasteiger partial charge < -0.3 is 5.32 Å². The molecule has 0 saturated carbocycles. The molecule has 0 aliphatic rings. The molecule has 1 heterocycles. The fraction of sp³-hybridized carbons (Fsp3) is 0.250. The Balaban J connectivity index is 2.21. The summed E-state index contributed by atoms with van der Waals surface area (Å²) in [6.07, 6.45) is 2.45. The minimum Gasteiger partial charge on any atom is -0.345 e. The highest BCUT2D eigenvalue weighted by molar-refractivity contribution is 7.90. The second-order valence-corrected chi connectivity index (χ2v) is 6.38. The largest absolute Gasteiger partial charge is 0.345 e. The maximum Gasteiger partial charge on any atom is 0.251 e. The summed E-state index contributed by atoms with van der Waals surface area (Å²) < 4.78 is 23.0. The summed E-state index contributed by atoms with van der Waals surface area (Å²) in [5.41, 5.74) is 1.03. The van der Waals surface area contributed by atoms with Gasteiger partial charge in [0, 0.05) is 11.8 Å². The summed E-state index contributed by atoms with van der Waals surface area (Å²) in [7, 11) is -3.34. The second kappa shape index (κ2) is 5.41. The number of hydrogen-bond donors (Lipinski definition) is 2. The van der Waals surface area contributed by atoms with Crippen LogP contribution in [0.15, 0.2) is 29.4 Å². The number of aromatic nitrogens is 3. The minimum atomic E-state index is -3.34. The Morgan fingerprint density at radius 3 is 2.75 bits per heavy atom. The average molecular weight is 294 g/mol. The molecule has 8 heteroatoms. The summed E-state index contributed by atoms with van der Waals surface area (Å²) >= 11 is 0. The Morgan fingerprint density at radius 2 is 2.15 bits per heavy atom. The van der Waals surface area contributed by atoms with Crippen molar-refractivity contribution in [1.82, 2.24) is 20.5 Å². The number of carbonyl (C=O) groups excluding carboxylic acids is 1. The van der Waals surface area contributed by atoms with Gasteiger partial charge in [0.1, 0.15) is 12.2 Å². The highest BCUT2D eigenvalue weighted by atomic mass is 32.2. The lowest BCUT2D eigenvalue weighted by molar-refractivity contribution is 0.0949. The molecule has 1 aromatic heterocycles. The number of hydrogen-bond acceptors (Lipinski definition) is 5. The summed E-state index contributed by atoms with van der Waals surface area (Å²) in [5, 5.41) is 8.95. The van der Waals surface area contributed by atoms with Gasteiger partial charge in [0.2, 0.25) is 0 Å². The first kappa shape index (κ1) is 14.2. The van der Waals surface area contributed by atoms with Crippen molar-refractivity contribution in [2.75, 3.05) is 6.26 Å². The standard InChI is InChI=1S/C12H14N4O3S/c1-8-3-4-9(20(2,18)19)5-10(8)12(17)13-6-11-14-7-15-16-11/h3-5,7H,6H2,1-2H3,(H,13,17)(H,14,15,16). The molecule has 2 rings (SSSR count). The van der Waals surface area contributed by atoms with Crippen LogP contribution in [0.5, 0.6) is 0 Å². The quantitative estimate of drug-likeness (QED) is 0.851. The van der Waals surface area contributed by atoms with Gasteiger partial charge in [-0.05, 0) is 24.6 Å². The van der Waals surface area contributed by atoms with Gasteiger partial charge in [-0.3, -0.25) is 9.89 Å². The highest BCUT2D eigenvalue weighted by Crippen LogP contribution is 2.15. The maximum atomic E-state index is 12.1. The van der Waals surface area contributed by atoms with Gasteiger partial charge in [-0.25, -0.2) is 13.4 Å². The van der Waals surface area contributed by atoms with Crippen molar-refractivity contribution in [3.05, 3.63) is 41.5 Å². The third kappa shape index (κ3) is 3.21. The number of aryl methyl sites for hydroxylation is 1. The summed E-state index contributed by atoms with van der Waals surface area (Å²) in [6.45, 7) is 1.94. The van der Waals surface area contributed by atoms with Crippen LogP contribution in [-0.2, 0) is 16.4 Å². The Labute approximate surface area is 116 Å². The molecule has 106 valence electrons. The van der Waals surface area contributed by atoms with E-state index in [0.29, 0.717) is 17.0 Å². The molecule has 0 bridgehead atoms. The monoisotopic (exact) mass is 294 g/mol. The zero-order valence-corrected chi connectivity index (χ0v) is 11.9. The topological polar surface area (TPSA) is 105 Å². The number of nitrogens with zero attached hydrogens (tertiary/aromatic N) is 2. The van der Waals surface area contributed by atoms with E-state index in [4.69, 9.17) is 0 Å². The van der Waals surface area contributed by atoms with Crippen LogP contribution in [0.2, 0.25) is 0 Å². The van der Waals surface area contributed by atoms with Crippen molar-refractivity contribution in [2.45, 2.75) is 18.4 Å². The summed E-state index contributed by atoms with van der Waals surface area (Å²) in [5.74, 6) is 0.166. The summed E-state index contributed by atoms with van der Waals surface area (Å²) in [6, 6.07) is 4.47. The summed E-state index contributed by atoms with van der Waals surface area (Å²) in [4.78, 5) is 16.1. The van der Waals surface area contributed by atoms with Crippen molar-refractivity contribution in [3.8, 4) is 0 Å². The molecular formula is C12H14N4O3S. The van der Waals surface area contributed by atoms with E-state index in [9.17, 15) is 13.2 Å². The van der Waals surface area contributed by atoms with E-state index < -0.39 is 9.84 Å². The zero-order chi connectivity index (χ0) is 14.8. The molecular weight excluding hydrogens is 280 g/mol. The number of rotatable bonds is 4. The van der Waals surface area contributed by atoms with Gasteiger partial charge in [0.15, 0.2) is 9.84 Å². The maximum absolute atomic E-state index is 12.1. The predicted molar refractivity (Wildman–Crippen MR) is 71.8 cm³/mol. The van der Waals surface area contributed by atoms with Gasteiger partial charge in [0.25, 0.3) is 5.91 Å². The van der Waals surface area contributed by atoms with Crippen molar-refractivity contribution in [2.24, 2.45) is 0 Å². The minimum absolute atomic E-state index is 0.118. The van der Waals surface area contributed by atoms with E-state index in [-0.39, 0.29) is 17.3 Å². The first-order chi connectivity index (χ1) is 9.38. The number of H-pyrrole nitrogens is 1. The molecule has 0 spiro atoms. The fourth-order valence-corrected chi connectivity index (χ4v) is 2.30. The van der Waals surface area contributed by atoms with Crippen LogP contribution in [0.4, 0.5) is 0 Å². The van der Waals surface area contributed by atoms with Crippen LogP contribution in [0, 0.1) is 6.92 Å². The van der Waals surface area contributed by atoms with Gasteiger partial charge in [0.05, 0.1) is 11.4 Å². The van der Waals surface area contributed by atoms with E-state index in [2.05, 4.69) is 20.5 Å². The van der Waals surface area contributed by atoms with Crippen molar-refractivity contribution < 1.29 is 13.2 Å². The number of sulfone groups is 1. The first-order valence-electron chi connectivity index (χ1n) is 5.81. The smallest absolute Gasteiger partial charge is 0.251 e. The van der Waals surface area contributed by atoms with Crippen LogP contribution < -0.4 is 5.32 Å². The van der Waals surface area contributed by atoms with Gasteiger partial charge in [-0.2, -0.15) is 5.10 Å². The Hall–Kier alpha value is -2.22. The Morgan fingerprint density at radius 1 is 1.40 bits per heavy atom. The molecule has 0 atom stereocenters. The highest BCUT2D eigenvalue weighted by Gasteiger charge is 2.14.